The van der Waals surface area contributed by atoms with E-state index in [9.17, 15) is 35.9 Å². The third-order valence-electron chi connectivity index (χ3n) is 5.99. The topological polar surface area (TPSA) is 133 Å². The van der Waals surface area contributed by atoms with Gasteiger partial charge in [-0.3, -0.25) is 9.59 Å². The van der Waals surface area contributed by atoms with Crippen LogP contribution in [0.4, 0.5) is 32.0 Å². The molecule has 1 aliphatic carbocycles. The van der Waals surface area contributed by atoms with E-state index in [1.54, 1.807) is 19.1 Å². The summed E-state index contributed by atoms with van der Waals surface area (Å²) in [6.45, 7) is 1.08. The van der Waals surface area contributed by atoms with Crippen molar-refractivity contribution in [1.82, 2.24) is 40.3 Å². The highest BCUT2D eigenvalue weighted by molar-refractivity contribution is 14.1. The Morgan fingerprint density at radius 3 is 2.43 bits per heavy atom. The van der Waals surface area contributed by atoms with Crippen LogP contribution in [-0.2, 0) is 18.9 Å². The first kappa shape index (κ1) is 29.4. The lowest BCUT2D eigenvalue weighted by atomic mass is 10.1. The Bertz CT molecular complexity index is 1680. The monoisotopic (exact) mass is 705 g/mol. The Labute approximate surface area is 245 Å². The maximum atomic E-state index is 13.9. The standard InChI is InChI=1S/C24H18F6IN9O2/c1-11-7-12(31)8-15(20(41)33-13-4-5-13)18(11)34-21(42)17-9-14(10-39-37-22(35-38-39)24(28,29)30)36-40(17)19-16(23(25,26)27)3-2-6-32-19/h2-3,6-9,13H,4-5,10H2,1H3,(H,33,41)(H,34,42). The van der Waals surface area contributed by atoms with Gasteiger partial charge in [-0.2, -0.15) is 36.2 Å². The fraction of sp³-hybridized carbons (Fsp3) is 0.292. The highest BCUT2D eigenvalue weighted by Gasteiger charge is 2.38. The molecule has 0 atom stereocenters. The SMILES string of the molecule is Cc1cc(I)cc(C(=O)NC2CC2)c1NC(=O)c1cc(Cn2nnc(C(F)(F)F)n2)nn1-c1ncccc1C(F)(F)F. The predicted molar refractivity (Wildman–Crippen MR) is 141 cm³/mol. The molecule has 0 radical (unpaired) electrons. The Hall–Kier alpha value is -4.10. The van der Waals surface area contributed by atoms with Crippen LogP contribution in [0.2, 0.25) is 0 Å². The van der Waals surface area contributed by atoms with Gasteiger partial charge in [0.05, 0.1) is 16.9 Å². The Kier molecular flexibility index (Phi) is 7.66. The zero-order valence-corrected chi connectivity index (χ0v) is 23.4. The van der Waals surface area contributed by atoms with Crippen LogP contribution in [0.15, 0.2) is 36.5 Å². The second kappa shape index (κ2) is 11.0. The first-order valence-electron chi connectivity index (χ1n) is 12.1. The number of pyridine rings is 1. The minimum Gasteiger partial charge on any atom is -0.349 e. The van der Waals surface area contributed by atoms with E-state index in [0.29, 0.717) is 18.6 Å². The third kappa shape index (κ3) is 6.36. The van der Waals surface area contributed by atoms with Crippen molar-refractivity contribution in [1.29, 1.82) is 0 Å². The molecule has 0 unspecified atom stereocenters. The average Bonchev–Trinajstić information content (AvgIpc) is 3.40. The summed E-state index contributed by atoms with van der Waals surface area (Å²) in [6, 6.07) is 6.11. The van der Waals surface area contributed by atoms with Crippen LogP contribution in [0, 0.1) is 10.5 Å². The average molecular weight is 705 g/mol. The molecule has 2 amide bonds. The smallest absolute Gasteiger partial charge is 0.349 e. The number of carbonyl (C=O) groups excluding carboxylic acids is 2. The molecule has 2 N–H and O–H groups in total. The zero-order valence-electron chi connectivity index (χ0n) is 21.3. The number of nitrogens with zero attached hydrogens (tertiary/aromatic N) is 7. The largest absolute Gasteiger partial charge is 0.455 e. The summed E-state index contributed by atoms with van der Waals surface area (Å²) >= 11 is 2.01. The van der Waals surface area contributed by atoms with E-state index in [-0.39, 0.29) is 23.0 Å². The van der Waals surface area contributed by atoms with Gasteiger partial charge in [0.25, 0.3) is 17.6 Å². The summed E-state index contributed by atoms with van der Waals surface area (Å²) in [4.78, 5) is 30.8. The molecule has 1 fully saturated rings. The first-order valence-corrected chi connectivity index (χ1v) is 13.2. The molecule has 1 saturated carbocycles. The van der Waals surface area contributed by atoms with Crippen molar-refractivity contribution in [3.8, 4) is 5.82 Å². The molecular formula is C24H18F6IN9O2. The van der Waals surface area contributed by atoms with Crippen LogP contribution in [0.25, 0.3) is 5.82 Å². The lowest BCUT2D eigenvalue weighted by Crippen LogP contribution is -2.28. The van der Waals surface area contributed by atoms with Gasteiger partial charge in [0.1, 0.15) is 17.8 Å². The van der Waals surface area contributed by atoms with E-state index in [2.05, 4.69) is 36.1 Å². The molecule has 42 heavy (non-hydrogen) atoms. The number of rotatable bonds is 7. The van der Waals surface area contributed by atoms with Gasteiger partial charge in [-0.25, -0.2) is 9.67 Å². The summed E-state index contributed by atoms with van der Waals surface area (Å²) in [6.07, 6.45) is -7.08. The molecule has 4 aromatic rings. The van der Waals surface area contributed by atoms with Crippen molar-refractivity contribution in [2.24, 2.45) is 0 Å². The number of alkyl halides is 6. The summed E-state index contributed by atoms with van der Waals surface area (Å²) in [5.41, 5.74) is -1.07. The van der Waals surface area contributed by atoms with Gasteiger partial charge in [-0.05, 0) is 83.5 Å². The Balaban J connectivity index is 1.56. The summed E-state index contributed by atoms with van der Waals surface area (Å²) in [5, 5.41) is 18.9. The number of benzene rings is 1. The normalized spacial score (nSPS) is 13.7. The molecule has 3 aromatic heterocycles. The van der Waals surface area contributed by atoms with Crippen LogP contribution < -0.4 is 10.6 Å². The summed E-state index contributed by atoms with van der Waals surface area (Å²) in [7, 11) is 0. The molecule has 0 saturated heterocycles. The molecule has 0 aliphatic heterocycles. The number of aryl methyl sites for hydroxylation is 1. The van der Waals surface area contributed by atoms with Gasteiger partial charge in [-0.1, -0.05) is 0 Å². The van der Waals surface area contributed by atoms with Crippen LogP contribution >= 0.6 is 22.6 Å². The number of nitrogens with one attached hydrogen (secondary N) is 2. The van der Waals surface area contributed by atoms with Crippen LogP contribution in [0.3, 0.4) is 0 Å². The Morgan fingerprint density at radius 1 is 1.05 bits per heavy atom. The molecule has 5 rings (SSSR count). The number of aromatic nitrogens is 7. The maximum Gasteiger partial charge on any atom is 0.455 e. The number of tetrazole rings is 1. The van der Waals surface area contributed by atoms with E-state index < -0.39 is 53.6 Å². The molecule has 18 heteroatoms. The maximum absolute atomic E-state index is 13.9. The molecular weight excluding hydrogens is 687 g/mol. The lowest BCUT2D eigenvalue weighted by Gasteiger charge is -2.16. The van der Waals surface area contributed by atoms with Crippen LogP contribution in [0.5, 0.6) is 0 Å². The quantitative estimate of drug-likeness (QED) is 0.215. The second-order valence-electron chi connectivity index (χ2n) is 9.29. The number of halogens is 7. The zero-order chi connectivity index (χ0) is 30.4. The predicted octanol–water partition coefficient (Wildman–Crippen LogP) is 4.40. The summed E-state index contributed by atoms with van der Waals surface area (Å²) in [5.74, 6) is -3.68. The molecule has 3 heterocycles. The fourth-order valence-corrected chi connectivity index (χ4v) is 4.72. The van der Waals surface area contributed by atoms with Crippen molar-refractivity contribution in [2.45, 2.75) is 44.7 Å². The fourth-order valence-electron chi connectivity index (χ4n) is 3.94. The van der Waals surface area contributed by atoms with Gasteiger partial charge in [0, 0.05) is 15.8 Å². The Morgan fingerprint density at radius 2 is 1.79 bits per heavy atom. The number of anilines is 1. The number of hydrogen-bond acceptors (Lipinski definition) is 7. The first-order chi connectivity index (χ1) is 19.7. The van der Waals surface area contributed by atoms with Gasteiger partial charge in [0.2, 0.25) is 0 Å². The second-order valence-corrected chi connectivity index (χ2v) is 10.5. The number of hydrogen-bond donors (Lipinski definition) is 2. The highest BCUT2D eigenvalue weighted by atomic mass is 127. The summed E-state index contributed by atoms with van der Waals surface area (Å²) < 4.78 is 81.7. The van der Waals surface area contributed by atoms with Gasteiger partial charge < -0.3 is 10.6 Å². The number of carbonyl (C=O) groups is 2. The molecule has 1 aromatic carbocycles. The van der Waals surface area contributed by atoms with E-state index in [4.69, 9.17) is 0 Å². The van der Waals surface area contributed by atoms with E-state index in [1.165, 1.54) is 0 Å². The van der Waals surface area contributed by atoms with Crippen molar-refractivity contribution < 1.29 is 35.9 Å². The van der Waals surface area contributed by atoms with Crippen LogP contribution in [0.1, 0.15) is 56.3 Å². The minimum atomic E-state index is -4.89. The molecule has 220 valence electrons. The van der Waals surface area contributed by atoms with Crippen molar-refractivity contribution in [2.75, 3.05) is 5.32 Å². The third-order valence-corrected chi connectivity index (χ3v) is 6.61. The van der Waals surface area contributed by atoms with Gasteiger partial charge in [0.15, 0.2) is 5.82 Å². The molecule has 0 spiro atoms. The molecule has 0 bridgehead atoms. The van der Waals surface area contributed by atoms with Crippen molar-refractivity contribution in [3.63, 3.8) is 0 Å². The molecule has 1 aliphatic rings. The van der Waals surface area contributed by atoms with Gasteiger partial charge in [-0.15, -0.1) is 10.2 Å². The van der Waals surface area contributed by atoms with E-state index >= 15 is 0 Å². The van der Waals surface area contributed by atoms with E-state index in [0.717, 1.165) is 37.2 Å². The minimum absolute atomic E-state index is 0.0106. The highest BCUT2D eigenvalue weighted by Crippen LogP contribution is 2.34. The van der Waals surface area contributed by atoms with Gasteiger partial charge >= 0.3 is 12.4 Å². The van der Waals surface area contributed by atoms with Crippen LogP contribution in [-0.4, -0.2) is 52.8 Å². The lowest BCUT2D eigenvalue weighted by molar-refractivity contribution is -0.145. The molecule has 11 nitrogen and oxygen atoms in total. The van der Waals surface area contributed by atoms with Crippen molar-refractivity contribution in [3.05, 3.63) is 74.0 Å². The van der Waals surface area contributed by atoms with Crippen molar-refractivity contribution >= 4 is 40.1 Å². The van der Waals surface area contributed by atoms with E-state index in [1.807, 2.05) is 22.6 Å². The number of amides is 2.